The molecule has 0 heterocycles. The Balaban J connectivity index is 2.73. The second-order valence-corrected chi connectivity index (χ2v) is 3.15. The van der Waals surface area contributed by atoms with Gasteiger partial charge < -0.3 is 10.5 Å². The number of amides is 1. The lowest BCUT2D eigenvalue weighted by molar-refractivity contribution is -0.119. The van der Waals surface area contributed by atoms with E-state index in [9.17, 15) is 4.79 Å². The number of primary amides is 1. The summed E-state index contributed by atoms with van der Waals surface area (Å²) >= 11 is 0. The summed E-state index contributed by atoms with van der Waals surface area (Å²) < 4.78 is 4.94. The topological polar surface area (TPSA) is 52.3 Å². The molecule has 3 heteroatoms. The summed E-state index contributed by atoms with van der Waals surface area (Å²) in [6.07, 6.45) is 0.635. The minimum atomic E-state index is -0.298. The Labute approximate surface area is 83.9 Å². The molecule has 0 aliphatic heterocycles. The van der Waals surface area contributed by atoms with E-state index in [4.69, 9.17) is 10.5 Å². The Bertz CT molecular complexity index is 285. The molecular formula is C11H15NO2. The Morgan fingerprint density at radius 1 is 1.43 bits per heavy atom. The highest BCUT2D eigenvalue weighted by Gasteiger charge is 2.16. The molecule has 1 unspecified atom stereocenters. The van der Waals surface area contributed by atoms with Crippen molar-refractivity contribution in [3.63, 3.8) is 0 Å². The van der Waals surface area contributed by atoms with Crippen molar-refractivity contribution in [3.8, 4) is 0 Å². The maximum absolute atomic E-state index is 11.2. The number of carbonyl (C=O) groups is 1. The van der Waals surface area contributed by atoms with Crippen LogP contribution in [0, 0.1) is 0 Å². The van der Waals surface area contributed by atoms with Crippen molar-refractivity contribution >= 4 is 5.91 Å². The van der Waals surface area contributed by atoms with Crippen LogP contribution in [0.25, 0.3) is 0 Å². The summed E-state index contributed by atoms with van der Waals surface area (Å²) in [5.41, 5.74) is 6.27. The first-order valence-corrected chi connectivity index (χ1v) is 4.59. The van der Waals surface area contributed by atoms with Crippen LogP contribution in [0.2, 0.25) is 0 Å². The Morgan fingerprint density at radius 3 is 2.57 bits per heavy atom. The van der Waals surface area contributed by atoms with E-state index in [1.54, 1.807) is 7.11 Å². The molecule has 0 fully saturated rings. The molecule has 0 saturated carbocycles. The zero-order valence-electron chi connectivity index (χ0n) is 8.27. The number of rotatable bonds is 5. The van der Waals surface area contributed by atoms with E-state index < -0.39 is 0 Å². The van der Waals surface area contributed by atoms with E-state index >= 15 is 0 Å². The molecule has 0 aliphatic rings. The number of ether oxygens (including phenoxy) is 1. The number of nitrogens with two attached hydrogens (primary N) is 1. The molecule has 1 atom stereocenters. The van der Waals surface area contributed by atoms with Gasteiger partial charge in [-0.1, -0.05) is 30.3 Å². The molecule has 0 bridgehead atoms. The number of benzene rings is 1. The molecule has 3 nitrogen and oxygen atoms in total. The van der Waals surface area contributed by atoms with Gasteiger partial charge in [-0.25, -0.2) is 0 Å². The van der Waals surface area contributed by atoms with Gasteiger partial charge >= 0.3 is 0 Å². The smallest absolute Gasteiger partial charge is 0.225 e. The molecule has 1 rings (SSSR count). The first-order valence-electron chi connectivity index (χ1n) is 4.59. The maximum atomic E-state index is 11.2. The van der Waals surface area contributed by atoms with Gasteiger partial charge in [0.25, 0.3) is 0 Å². The molecular weight excluding hydrogens is 178 g/mol. The van der Waals surface area contributed by atoms with Gasteiger partial charge in [0.05, 0.1) is 5.92 Å². The largest absolute Gasteiger partial charge is 0.385 e. The normalized spacial score (nSPS) is 12.4. The van der Waals surface area contributed by atoms with Crippen LogP contribution in [0.3, 0.4) is 0 Å². The quantitative estimate of drug-likeness (QED) is 0.766. The fourth-order valence-corrected chi connectivity index (χ4v) is 1.39. The van der Waals surface area contributed by atoms with Crippen LogP contribution in [0.4, 0.5) is 0 Å². The van der Waals surface area contributed by atoms with Crippen LogP contribution in [0.1, 0.15) is 17.9 Å². The van der Waals surface area contributed by atoms with Crippen molar-refractivity contribution in [3.05, 3.63) is 35.9 Å². The minimum Gasteiger partial charge on any atom is -0.385 e. The second kappa shape index (κ2) is 5.40. The summed E-state index contributed by atoms with van der Waals surface area (Å²) in [6.45, 7) is 0.544. The minimum absolute atomic E-state index is 0.240. The van der Waals surface area contributed by atoms with Crippen molar-refractivity contribution in [1.82, 2.24) is 0 Å². The third kappa shape index (κ3) is 2.85. The predicted molar refractivity (Wildman–Crippen MR) is 54.9 cm³/mol. The third-order valence-corrected chi connectivity index (χ3v) is 2.16. The van der Waals surface area contributed by atoms with Crippen LogP contribution >= 0.6 is 0 Å². The first-order chi connectivity index (χ1) is 6.75. The number of hydrogen-bond donors (Lipinski definition) is 1. The Morgan fingerprint density at radius 2 is 2.07 bits per heavy atom. The molecule has 2 N–H and O–H groups in total. The zero-order valence-corrected chi connectivity index (χ0v) is 8.27. The molecule has 0 saturated heterocycles. The highest BCUT2D eigenvalue weighted by molar-refractivity contribution is 5.81. The Kier molecular flexibility index (Phi) is 4.13. The molecule has 1 aromatic carbocycles. The van der Waals surface area contributed by atoms with Crippen LogP contribution in [-0.4, -0.2) is 19.6 Å². The van der Waals surface area contributed by atoms with Gasteiger partial charge in [-0.2, -0.15) is 0 Å². The average molecular weight is 193 g/mol. The van der Waals surface area contributed by atoms with E-state index in [1.165, 1.54) is 0 Å². The van der Waals surface area contributed by atoms with E-state index in [0.29, 0.717) is 13.0 Å². The lowest BCUT2D eigenvalue weighted by atomic mass is 9.95. The second-order valence-electron chi connectivity index (χ2n) is 3.15. The van der Waals surface area contributed by atoms with Crippen LogP contribution in [0.15, 0.2) is 30.3 Å². The predicted octanol–water partition coefficient (Wildman–Crippen LogP) is 1.29. The molecule has 0 aromatic heterocycles. The molecule has 0 aliphatic carbocycles. The average Bonchev–Trinajstić information content (AvgIpc) is 2.19. The number of methoxy groups -OCH3 is 1. The summed E-state index contributed by atoms with van der Waals surface area (Å²) in [6, 6.07) is 9.53. The van der Waals surface area contributed by atoms with Gasteiger partial charge in [0.2, 0.25) is 5.91 Å². The highest BCUT2D eigenvalue weighted by Crippen LogP contribution is 2.18. The van der Waals surface area contributed by atoms with Crippen molar-refractivity contribution < 1.29 is 9.53 Å². The zero-order chi connectivity index (χ0) is 10.4. The number of carbonyl (C=O) groups excluding carboxylic acids is 1. The van der Waals surface area contributed by atoms with Crippen molar-refractivity contribution in [2.24, 2.45) is 5.73 Å². The molecule has 14 heavy (non-hydrogen) atoms. The van der Waals surface area contributed by atoms with Crippen LogP contribution in [-0.2, 0) is 9.53 Å². The van der Waals surface area contributed by atoms with E-state index in [2.05, 4.69) is 0 Å². The van der Waals surface area contributed by atoms with Crippen molar-refractivity contribution in [2.75, 3.05) is 13.7 Å². The highest BCUT2D eigenvalue weighted by atomic mass is 16.5. The summed E-state index contributed by atoms with van der Waals surface area (Å²) in [5, 5.41) is 0. The van der Waals surface area contributed by atoms with Crippen LogP contribution in [0.5, 0.6) is 0 Å². The van der Waals surface area contributed by atoms with Gasteiger partial charge in [0.15, 0.2) is 0 Å². The molecule has 1 amide bonds. The summed E-state index contributed by atoms with van der Waals surface area (Å²) in [5.74, 6) is -0.538. The fourth-order valence-electron chi connectivity index (χ4n) is 1.39. The number of hydrogen-bond acceptors (Lipinski definition) is 2. The standard InChI is InChI=1S/C11H15NO2/c1-14-8-7-10(11(12)13)9-5-3-2-4-6-9/h2-6,10H,7-8H2,1H3,(H2,12,13). The maximum Gasteiger partial charge on any atom is 0.225 e. The summed E-state index contributed by atoms with van der Waals surface area (Å²) in [7, 11) is 1.61. The lowest BCUT2D eigenvalue weighted by Gasteiger charge is -2.12. The third-order valence-electron chi connectivity index (χ3n) is 2.16. The van der Waals surface area contributed by atoms with E-state index in [-0.39, 0.29) is 11.8 Å². The Hall–Kier alpha value is -1.35. The summed E-state index contributed by atoms with van der Waals surface area (Å²) in [4.78, 5) is 11.2. The molecule has 76 valence electrons. The van der Waals surface area contributed by atoms with E-state index in [0.717, 1.165) is 5.56 Å². The SMILES string of the molecule is COCCC(C(N)=O)c1ccccc1. The van der Waals surface area contributed by atoms with E-state index in [1.807, 2.05) is 30.3 Å². The van der Waals surface area contributed by atoms with Gasteiger partial charge in [-0.05, 0) is 12.0 Å². The lowest BCUT2D eigenvalue weighted by Crippen LogP contribution is -2.22. The molecule has 0 radical (unpaired) electrons. The van der Waals surface area contributed by atoms with Gasteiger partial charge in [-0.15, -0.1) is 0 Å². The van der Waals surface area contributed by atoms with Crippen LogP contribution < -0.4 is 5.73 Å². The molecule has 0 spiro atoms. The van der Waals surface area contributed by atoms with Gasteiger partial charge in [-0.3, -0.25) is 4.79 Å². The first kappa shape index (κ1) is 10.7. The fraction of sp³-hybridized carbons (Fsp3) is 0.364. The van der Waals surface area contributed by atoms with Crippen molar-refractivity contribution in [1.29, 1.82) is 0 Å². The van der Waals surface area contributed by atoms with Gasteiger partial charge in [0.1, 0.15) is 0 Å². The molecule has 1 aromatic rings. The van der Waals surface area contributed by atoms with Crippen molar-refractivity contribution in [2.45, 2.75) is 12.3 Å². The monoisotopic (exact) mass is 193 g/mol. The van der Waals surface area contributed by atoms with Gasteiger partial charge in [0, 0.05) is 13.7 Å².